The van der Waals surface area contributed by atoms with E-state index in [2.05, 4.69) is 21.3 Å². The first-order chi connectivity index (χ1) is 20.8. The van der Waals surface area contributed by atoms with Crippen LogP contribution in [0.15, 0.2) is 90.3 Å². The van der Waals surface area contributed by atoms with Crippen LogP contribution in [-0.4, -0.2) is 42.9 Å². The highest BCUT2D eigenvalue weighted by Gasteiger charge is 2.22. The monoisotopic (exact) mass is 599 g/mol. The Balaban J connectivity index is 1.40. The molecule has 0 saturated heterocycles. The van der Waals surface area contributed by atoms with Gasteiger partial charge in [-0.3, -0.25) is 14.4 Å². The highest BCUT2D eigenvalue weighted by atomic mass is 32.1. The number of carbonyl (C=O) groups excluding carboxylic acids is 4. The quantitative estimate of drug-likeness (QED) is 0.121. The number of benzene rings is 3. The lowest BCUT2D eigenvalue weighted by atomic mass is 10.0. The Morgan fingerprint density at radius 2 is 1.60 bits per heavy atom. The molecule has 0 aliphatic carbocycles. The second-order valence-corrected chi connectivity index (χ2v) is 10.6. The normalized spacial score (nSPS) is 11.2. The van der Waals surface area contributed by atoms with E-state index in [4.69, 9.17) is 10.5 Å². The number of carbonyl (C=O) groups is 4. The summed E-state index contributed by atoms with van der Waals surface area (Å²) in [6.07, 6.45) is -0.603. The Morgan fingerprint density at radius 1 is 0.860 bits per heavy atom. The molecular weight excluding hydrogens is 566 g/mol. The van der Waals surface area contributed by atoms with E-state index in [0.717, 1.165) is 16.0 Å². The van der Waals surface area contributed by atoms with Gasteiger partial charge in [0.15, 0.2) is 0 Å². The predicted octanol–water partition coefficient (Wildman–Crippen LogP) is 4.34. The van der Waals surface area contributed by atoms with Gasteiger partial charge in [0.1, 0.15) is 12.6 Å². The largest absolute Gasteiger partial charge is 0.445 e. The third-order valence-electron chi connectivity index (χ3n) is 6.38. The van der Waals surface area contributed by atoms with Crippen molar-refractivity contribution in [1.29, 1.82) is 0 Å². The Labute approximate surface area is 253 Å². The fourth-order valence-corrected chi connectivity index (χ4v) is 4.87. The van der Waals surface area contributed by atoms with Gasteiger partial charge in [0.2, 0.25) is 11.8 Å². The van der Waals surface area contributed by atoms with Crippen LogP contribution in [0.4, 0.5) is 16.2 Å². The first-order valence-electron chi connectivity index (χ1n) is 13.6. The third-order valence-corrected chi connectivity index (χ3v) is 7.30. The lowest BCUT2D eigenvalue weighted by molar-refractivity contribution is -0.123. The van der Waals surface area contributed by atoms with Crippen molar-refractivity contribution in [2.24, 2.45) is 0 Å². The Bertz CT molecular complexity index is 1540. The van der Waals surface area contributed by atoms with Gasteiger partial charge in [-0.05, 0) is 52.4 Å². The number of ether oxygens (including phenoxy) is 1. The third kappa shape index (κ3) is 9.44. The van der Waals surface area contributed by atoms with E-state index in [1.54, 1.807) is 41.7 Å². The van der Waals surface area contributed by atoms with Gasteiger partial charge in [-0.15, -0.1) is 11.3 Å². The summed E-state index contributed by atoms with van der Waals surface area (Å²) in [7, 11) is 0. The number of amides is 4. The molecule has 0 unspecified atom stereocenters. The molecule has 6 N–H and O–H groups in total. The molecule has 0 bridgehead atoms. The van der Waals surface area contributed by atoms with Gasteiger partial charge in [-0.1, -0.05) is 54.6 Å². The Kier molecular flexibility index (Phi) is 10.9. The molecule has 4 aromatic rings. The van der Waals surface area contributed by atoms with Crippen molar-refractivity contribution in [2.75, 3.05) is 24.1 Å². The van der Waals surface area contributed by atoms with Gasteiger partial charge in [-0.2, -0.15) is 0 Å². The Morgan fingerprint density at radius 3 is 2.30 bits per heavy atom. The summed E-state index contributed by atoms with van der Waals surface area (Å²) in [6, 6.07) is 24.4. The van der Waals surface area contributed by atoms with E-state index in [-0.39, 0.29) is 37.9 Å². The number of rotatable bonds is 12. The van der Waals surface area contributed by atoms with E-state index in [9.17, 15) is 19.2 Å². The zero-order valence-corrected chi connectivity index (χ0v) is 24.4. The van der Waals surface area contributed by atoms with E-state index < -0.39 is 18.0 Å². The fourth-order valence-electron chi connectivity index (χ4n) is 4.15. The number of hydrogen-bond acceptors (Lipinski definition) is 7. The highest BCUT2D eigenvalue weighted by Crippen LogP contribution is 2.30. The van der Waals surface area contributed by atoms with Crippen molar-refractivity contribution in [3.05, 3.63) is 107 Å². The van der Waals surface area contributed by atoms with Crippen LogP contribution in [-0.2, 0) is 27.4 Å². The number of alkyl carbamates (subject to hydrolysis) is 1. The van der Waals surface area contributed by atoms with E-state index >= 15 is 0 Å². The zero-order valence-electron chi connectivity index (χ0n) is 23.6. The van der Waals surface area contributed by atoms with Crippen molar-refractivity contribution >= 4 is 46.5 Å². The van der Waals surface area contributed by atoms with Crippen LogP contribution in [0.1, 0.15) is 28.4 Å². The summed E-state index contributed by atoms with van der Waals surface area (Å²) >= 11 is 1.59. The lowest BCUT2D eigenvalue weighted by Crippen LogP contribution is -2.49. The summed E-state index contributed by atoms with van der Waals surface area (Å²) in [4.78, 5) is 50.7. The molecule has 1 atom stereocenters. The van der Waals surface area contributed by atoms with Crippen LogP contribution >= 0.6 is 11.3 Å². The molecule has 4 amide bonds. The minimum Gasteiger partial charge on any atom is -0.445 e. The van der Waals surface area contributed by atoms with Crippen LogP contribution in [0.2, 0.25) is 0 Å². The van der Waals surface area contributed by atoms with Crippen molar-refractivity contribution in [3.63, 3.8) is 0 Å². The maximum atomic E-state index is 13.0. The first-order valence-corrected chi connectivity index (χ1v) is 14.5. The van der Waals surface area contributed by atoms with Crippen LogP contribution in [0, 0.1) is 0 Å². The molecule has 222 valence electrons. The SMILES string of the molecule is CC(=O)NCCNC(=O)[C@H](Cc1ccc(C(=O)Nc2cc(-c3cccs3)ccc2N)cc1)NC(=O)OCc1ccccc1. The molecule has 4 rings (SSSR count). The average Bonchev–Trinajstić information content (AvgIpc) is 3.55. The number of anilines is 2. The molecular formula is C32H33N5O5S. The van der Waals surface area contributed by atoms with E-state index in [0.29, 0.717) is 22.5 Å². The molecule has 1 heterocycles. The highest BCUT2D eigenvalue weighted by molar-refractivity contribution is 7.13. The standard InChI is InChI=1S/C32H33N5O5S/c1-21(38)34-15-16-35-31(40)28(37-32(41)42-20-23-6-3-2-4-7-23)18-22-9-11-24(12-10-22)30(39)36-27-19-25(13-14-26(27)33)29-8-5-17-43-29/h2-14,17,19,28H,15-16,18,20,33H2,1H3,(H,34,38)(H,35,40)(H,36,39)(H,37,41)/t28-/m0/s1. The van der Waals surface area contributed by atoms with Crippen molar-refractivity contribution in [1.82, 2.24) is 16.0 Å². The van der Waals surface area contributed by atoms with Crippen molar-refractivity contribution in [2.45, 2.75) is 26.0 Å². The van der Waals surface area contributed by atoms with Gasteiger partial charge in [0.25, 0.3) is 5.91 Å². The molecule has 1 aromatic heterocycles. The summed E-state index contributed by atoms with van der Waals surface area (Å²) in [5.41, 5.74) is 9.94. The number of hydrogen-bond donors (Lipinski definition) is 5. The first kappa shape index (κ1) is 30.8. The molecule has 0 aliphatic heterocycles. The molecule has 0 aliphatic rings. The lowest BCUT2D eigenvalue weighted by Gasteiger charge is -2.19. The molecule has 43 heavy (non-hydrogen) atoms. The number of nitrogens with one attached hydrogen (secondary N) is 4. The second-order valence-electron chi connectivity index (χ2n) is 9.67. The van der Waals surface area contributed by atoms with Crippen LogP contribution in [0.3, 0.4) is 0 Å². The van der Waals surface area contributed by atoms with Crippen LogP contribution in [0.5, 0.6) is 0 Å². The number of nitrogen functional groups attached to an aromatic ring is 1. The second kappa shape index (κ2) is 15.2. The predicted molar refractivity (Wildman–Crippen MR) is 168 cm³/mol. The van der Waals surface area contributed by atoms with E-state index in [1.807, 2.05) is 60.0 Å². The minimum absolute atomic E-state index is 0.0497. The van der Waals surface area contributed by atoms with Gasteiger partial charge in [0, 0.05) is 36.9 Å². The van der Waals surface area contributed by atoms with Crippen molar-refractivity contribution < 1.29 is 23.9 Å². The smallest absolute Gasteiger partial charge is 0.408 e. The van der Waals surface area contributed by atoms with E-state index in [1.165, 1.54) is 6.92 Å². The molecule has 0 spiro atoms. The van der Waals surface area contributed by atoms with Gasteiger partial charge < -0.3 is 31.7 Å². The fraction of sp³-hybridized carbons (Fsp3) is 0.188. The Hall–Kier alpha value is -5.16. The zero-order chi connectivity index (χ0) is 30.6. The maximum absolute atomic E-state index is 13.0. The van der Waals surface area contributed by atoms with Crippen molar-refractivity contribution in [3.8, 4) is 10.4 Å². The molecule has 0 fully saturated rings. The van der Waals surface area contributed by atoms with Gasteiger partial charge >= 0.3 is 6.09 Å². The molecule has 3 aromatic carbocycles. The average molecular weight is 600 g/mol. The topological polar surface area (TPSA) is 152 Å². The summed E-state index contributed by atoms with van der Waals surface area (Å²) in [5, 5.41) is 12.8. The number of nitrogens with two attached hydrogens (primary N) is 1. The molecule has 0 saturated carbocycles. The number of thiophene rings is 1. The summed E-state index contributed by atoms with van der Waals surface area (Å²) < 4.78 is 5.30. The van der Waals surface area contributed by atoms with Gasteiger partial charge in [-0.25, -0.2) is 4.79 Å². The summed E-state index contributed by atoms with van der Waals surface area (Å²) in [5.74, 6) is -0.989. The van der Waals surface area contributed by atoms with Crippen LogP contribution in [0.25, 0.3) is 10.4 Å². The molecule has 10 nitrogen and oxygen atoms in total. The van der Waals surface area contributed by atoms with Gasteiger partial charge in [0.05, 0.1) is 11.4 Å². The summed E-state index contributed by atoms with van der Waals surface area (Å²) in [6.45, 7) is 1.87. The minimum atomic E-state index is -0.958. The molecule has 11 heteroatoms. The molecule has 0 radical (unpaired) electrons. The van der Waals surface area contributed by atoms with Crippen LogP contribution < -0.4 is 27.0 Å². The maximum Gasteiger partial charge on any atom is 0.408 e.